The van der Waals surface area contributed by atoms with Gasteiger partial charge in [-0.05, 0) is 67.2 Å². The third-order valence-corrected chi connectivity index (χ3v) is 8.18. The first-order valence-corrected chi connectivity index (χ1v) is 11.0. The Bertz CT molecular complexity index is 618. The fourth-order valence-electron chi connectivity index (χ4n) is 3.41. The molecule has 0 atom stereocenters. The minimum absolute atomic E-state index is 0.285. The highest BCUT2D eigenvalue weighted by Gasteiger charge is 2.42. The van der Waals surface area contributed by atoms with E-state index in [1.54, 1.807) is 0 Å². The highest BCUT2D eigenvalue weighted by molar-refractivity contribution is 8.16. The van der Waals surface area contributed by atoms with E-state index in [4.69, 9.17) is 0 Å². The van der Waals surface area contributed by atoms with Crippen LogP contribution in [0.5, 0.6) is 0 Å². The number of carbonyl (C=O) groups is 2. The minimum Gasteiger partial charge on any atom is -0.480 e. The van der Waals surface area contributed by atoms with Gasteiger partial charge in [-0.15, -0.1) is 23.5 Å². The summed E-state index contributed by atoms with van der Waals surface area (Å²) in [6.07, 6.45) is 3.93. The van der Waals surface area contributed by atoms with Gasteiger partial charge in [-0.1, -0.05) is 19.1 Å². The van der Waals surface area contributed by atoms with Gasteiger partial charge in [0.2, 0.25) is 0 Å². The van der Waals surface area contributed by atoms with Crippen LogP contribution in [-0.4, -0.2) is 34.0 Å². The number of benzene rings is 1. The summed E-state index contributed by atoms with van der Waals surface area (Å²) in [7, 11) is 0. The maximum absolute atomic E-state index is 12.6. The smallest absolute Gasteiger partial charge is 0.329 e. The van der Waals surface area contributed by atoms with E-state index in [1.807, 2.05) is 47.8 Å². The Hall–Kier alpha value is -1.14. The predicted molar refractivity (Wildman–Crippen MR) is 104 cm³/mol. The van der Waals surface area contributed by atoms with E-state index in [0.29, 0.717) is 28.9 Å². The second kappa shape index (κ2) is 8.04. The van der Waals surface area contributed by atoms with Crippen molar-refractivity contribution in [3.63, 3.8) is 0 Å². The molecule has 1 amide bonds. The zero-order chi connectivity index (χ0) is 17.9. The minimum atomic E-state index is -1.11. The molecule has 0 unspecified atom stereocenters. The molecular formula is C19H25NO3S2. The topological polar surface area (TPSA) is 66.4 Å². The number of aliphatic carboxylic acids is 1. The van der Waals surface area contributed by atoms with E-state index >= 15 is 0 Å². The molecule has 136 valence electrons. The van der Waals surface area contributed by atoms with Crippen molar-refractivity contribution in [1.29, 1.82) is 0 Å². The monoisotopic (exact) mass is 379 g/mol. The van der Waals surface area contributed by atoms with Crippen molar-refractivity contribution in [3.05, 3.63) is 35.4 Å². The summed E-state index contributed by atoms with van der Waals surface area (Å²) in [6.45, 7) is 2.13. The molecule has 1 aromatic carbocycles. The molecule has 25 heavy (non-hydrogen) atoms. The van der Waals surface area contributed by atoms with Crippen LogP contribution < -0.4 is 5.32 Å². The van der Waals surface area contributed by atoms with Gasteiger partial charge in [-0.3, -0.25) is 4.79 Å². The number of nitrogens with one attached hydrogen (secondary N) is 1. The Balaban J connectivity index is 1.68. The molecule has 6 heteroatoms. The lowest BCUT2D eigenvalue weighted by molar-refractivity contribution is -0.146. The summed E-state index contributed by atoms with van der Waals surface area (Å²) in [6, 6.07) is 7.64. The second-order valence-electron chi connectivity index (χ2n) is 7.07. The third-order valence-electron chi connectivity index (χ3n) is 5.16. The largest absolute Gasteiger partial charge is 0.480 e. The van der Waals surface area contributed by atoms with E-state index in [2.05, 4.69) is 12.2 Å². The van der Waals surface area contributed by atoms with Crippen molar-refractivity contribution in [2.45, 2.75) is 49.1 Å². The van der Waals surface area contributed by atoms with Crippen LogP contribution in [0.4, 0.5) is 0 Å². The van der Waals surface area contributed by atoms with E-state index in [9.17, 15) is 14.7 Å². The second-order valence-corrected chi connectivity index (χ2v) is 9.80. The molecule has 1 heterocycles. The zero-order valence-corrected chi connectivity index (χ0v) is 16.1. The van der Waals surface area contributed by atoms with Gasteiger partial charge in [0, 0.05) is 5.56 Å². The van der Waals surface area contributed by atoms with Gasteiger partial charge in [-0.25, -0.2) is 4.79 Å². The van der Waals surface area contributed by atoms with E-state index < -0.39 is 11.5 Å². The third kappa shape index (κ3) is 4.34. The highest BCUT2D eigenvalue weighted by Crippen LogP contribution is 2.43. The van der Waals surface area contributed by atoms with E-state index in [0.717, 1.165) is 12.8 Å². The SMILES string of the molecule is CC1CCC(NC(=O)c2ccc(C3SCCCS3)cc2)(C(=O)O)CC1. The fourth-order valence-corrected chi connectivity index (χ4v) is 6.30. The van der Waals surface area contributed by atoms with Gasteiger partial charge in [0.25, 0.3) is 5.91 Å². The van der Waals surface area contributed by atoms with Crippen LogP contribution in [0.25, 0.3) is 0 Å². The first-order chi connectivity index (χ1) is 12.0. The summed E-state index contributed by atoms with van der Waals surface area (Å²) in [5.41, 5.74) is 0.650. The number of carboxylic acid groups (broad SMARTS) is 1. The van der Waals surface area contributed by atoms with Crippen LogP contribution in [0.3, 0.4) is 0 Å². The average molecular weight is 380 g/mol. The molecule has 0 bridgehead atoms. The molecule has 4 nitrogen and oxygen atoms in total. The highest BCUT2D eigenvalue weighted by atomic mass is 32.2. The van der Waals surface area contributed by atoms with Crippen molar-refractivity contribution in [2.24, 2.45) is 5.92 Å². The average Bonchev–Trinajstić information content (AvgIpc) is 2.64. The van der Waals surface area contributed by atoms with Crippen molar-refractivity contribution in [3.8, 4) is 0 Å². The number of carboxylic acids is 1. The van der Waals surface area contributed by atoms with Crippen LogP contribution in [0.15, 0.2) is 24.3 Å². The summed E-state index contributed by atoms with van der Waals surface area (Å²) in [5, 5.41) is 12.5. The Morgan fingerprint density at radius 3 is 2.28 bits per heavy atom. The first-order valence-electron chi connectivity index (χ1n) is 8.89. The van der Waals surface area contributed by atoms with Crippen LogP contribution in [0.1, 0.15) is 59.5 Å². The first kappa shape index (κ1) is 18.6. The summed E-state index contributed by atoms with van der Waals surface area (Å²) >= 11 is 3.89. The van der Waals surface area contributed by atoms with Gasteiger partial charge in [0.15, 0.2) is 0 Å². The molecule has 2 fully saturated rings. The maximum Gasteiger partial charge on any atom is 0.329 e. The molecule has 1 aromatic rings. The lowest BCUT2D eigenvalue weighted by Gasteiger charge is -2.36. The molecule has 1 saturated carbocycles. The molecule has 2 N–H and O–H groups in total. The Morgan fingerprint density at radius 2 is 1.72 bits per heavy atom. The molecule has 0 radical (unpaired) electrons. The summed E-state index contributed by atoms with van der Waals surface area (Å²) in [4.78, 5) is 24.4. The van der Waals surface area contributed by atoms with Gasteiger partial charge in [-0.2, -0.15) is 0 Å². The van der Waals surface area contributed by atoms with Crippen LogP contribution in [-0.2, 0) is 4.79 Å². The number of carbonyl (C=O) groups excluding carboxylic acids is 1. The van der Waals surface area contributed by atoms with Crippen molar-refractivity contribution in [2.75, 3.05) is 11.5 Å². The Kier molecular flexibility index (Phi) is 6.00. The van der Waals surface area contributed by atoms with Crippen LogP contribution >= 0.6 is 23.5 Å². The standard InChI is InChI=1S/C19H25NO3S2/c1-13-7-9-19(10-8-13,18(22)23)20-16(21)14-3-5-15(6-4-14)17-24-11-2-12-25-17/h3-6,13,17H,2,7-12H2,1H3,(H,20,21)(H,22,23). The van der Waals surface area contributed by atoms with Gasteiger partial charge < -0.3 is 10.4 Å². The molecule has 1 aliphatic heterocycles. The lowest BCUT2D eigenvalue weighted by Crippen LogP contribution is -2.56. The Labute approximate surface area is 157 Å². The van der Waals surface area contributed by atoms with Crippen molar-refractivity contribution in [1.82, 2.24) is 5.32 Å². The number of thioether (sulfide) groups is 2. The van der Waals surface area contributed by atoms with Gasteiger partial charge in [0.05, 0.1) is 4.58 Å². The normalized spacial score (nSPS) is 27.6. The van der Waals surface area contributed by atoms with Crippen LogP contribution in [0, 0.1) is 5.92 Å². The number of rotatable bonds is 4. The molecule has 2 aliphatic rings. The molecular weight excluding hydrogens is 354 g/mol. The maximum atomic E-state index is 12.6. The molecule has 1 aliphatic carbocycles. The van der Waals surface area contributed by atoms with E-state index in [-0.39, 0.29) is 5.91 Å². The molecule has 3 rings (SSSR count). The quantitative estimate of drug-likeness (QED) is 0.816. The van der Waals surface area contributed by atoms with Crippen molar-refractivity contribution < 1.29 is 14.7 Å². The predicted octanol–water partition coefficient (Wildman–Crippen LogP) is 4.32. The van der Waals surface area contributed by atoms with E-state index in [1.165, 1.54) is 23.5 Å². The molecule has 0 spiro atoms. The fraction of sp³-hybridized carbons (Fsp3) is 0.579. The molecule has 1 saturated heterocycles. The molecule has 0 aromatic heterocycles. The lowest BCUT2D eigenvalue weighted by atomic mass is 9.77. The Morgan fingerprint density at radius 1 is 1.12 bits per heavy atom. The number of amides is 1. The van der Waals surface area contributed by atoms with Gasteiger partial charge >= 0.3 is 5.97 Å². The zero-order valence-electron chi connectivity index (χ0n) is 14.5. The van der Waals surface area contributed by atoms with Crippen LogP contribution in [0.2, 0.25) is 0 Å². The van der Waals surface area contributed by atoms with Gasteiger partial charge in [0.1, 0.15) is 5.54 Å². The summed E-state index contributed by atoms with van der Waals surface area (Å²) < 4.78 is 0.441. The van der Waals surface area contributed by atoms with Crippen molar-refractivity contribution >= 4 is 35.4 Å². The number of hydrogen-bond donors (Lipinski definition) is 2. The number of hydrogen-bond acceptors (Lipinski definition) is 4. The summed E-state index contributed by atoms with van der Waals surface area (Å²) in [5.74, 6) is 1.68.